The molecule has 0 saturated carbocycles. The molecule has 110 valence electrons. The standard InChI is InChI=1S/C16H20N4O/c1-12-6-5-9-19(15-8-4-3-7-14(12)15)16(21)13(2)20-11-17-10-18-20/h3-4,7-8,10-13H,5-6,9H2,1-2H3/t12-,13+/m1/s1. The quantitative estimate of drug-likeness (QED) is 0.852. The Hall–Kier alpha value is -2.17. The Morgan fingerprint density at radius 3 is 2.95 bits per heavy atom. The molecule has 1 aliphatic rings. The fourth-order valence-electron chi connectivity index (χ4n) is 2.97. The maximum Gasteiger partial charge on any atom is 0.251 e. The molecule has 0 spiro atoms. The summed E-state index contributed by atoms with van der Waals surface area (Å²) in [6, 6.07) is 7.88. The summed E-state index contributed by atoms with van der Waals surface area (Å²) in [4.78, 5) is 18.7. The zero-order chi connectivity index (χ0) is 14.8. The summed E-state index contributed by atoms with van der Waals surface area (Å²) in [5.41, 5.74) is 2.30. The van der Waals surface area contributed by atoms with Gasteiger partial charge in [-0.15, -0.1) is 0 Å². The number of benzene rings is 1. The number of nitrogens with zero attached hydrogens (tertiary/aromatic N) is 4. The lowest BCUT2D eigenvalue weighted by Gasteiger charge is -2.26. The summed E-state index contributed by atoms with van der Waals surface area (Å²) in [5, 5.41) is 4.08. The molecule has 2 atom stereocenters. The molecule has 5 nitrogen and oxygen atoms in total. The Balaban J connectivity index is 1.94. The molecule has 1 aromatic heterocycles. The fraction of sp³-hybridized carbons (Fsp3) is 0.438. The smallest absolute Gasteiger partial charge is 0.251 e. The van der Waals surface area contributed by atoms with E-state index in [2.05, 4.69) is 23.1 Å². The van der Waals surface area contributed by atoms with E-state index in [-0.39, 0.29) is 11.9 Å². The first-order valence-corrected chi connectivity index (χ1v) is 7.43. The first-order chi connectivity index (χ1) is 10.2. The van der Waals surface area contributed by atoms with Crippen LogP contribution in [0, 0.1) is 0 Å². The van der Waals surface area contributed by atoms with E-state index in [0.717, 1.165) is 25.1 Å². The lowest BCUT2D eigenvalue weighted by Crippen LogP contribution is -2.37. The number of carbonyl (C=O) groups excluding carboxylic acids is 1. The number of rotatable bonds is 2. The molecular formula is C16H20N4O. The van der Waals surface area contributed by atoms with Gasteiger partial charge in [0.15, 0.2) is 0 Å². The van der Waals surface area contributed by atoms with Gasteiger partial charge in [-0.05, 0) is 37.3 Å². The Morgan fingerprint density at radius 1 is 1.38 bits per heavy atom. The van der Waals surface area contributed by atoms with Gasteiger partial charge in [0.25, 0.3) is 5.91 Å². The summed E-state index contributed by atoms with van der Waals surface area (Å²) in [6.45, 7) is 4.86. The number of anilines is 1. The molecule has 2 aromatic rings. The van der Waals surface area contributed by atoms with E-state index in [1.165, 1.54) is 11.9 Å². The second kappa shape index (κ2) is 5.68. The van der Waals surface area contributed by atoms with Crippen LogP contribution >= 0.6 is 0 Å². The van der Waals surface area contributed by atoms with Gasteiger partial charge in [0.1, 0.15) is 18.7 Å². The molecule has 3 rings (SSSR count). The largest absolute Gasteiger partial charge is 0.310 e. The van der Waals surface area contributed by atoms with Crippen LogP contribution in [0.2, 0.25) is 0 Å². The summed E-state index contributed by atoms with van der Waals surface area (Å²) in [6.07, 6.45) is 5.18. The molecule has 1 amide bonds. The van der Waals surface area contributed by atoms with Gasteiger partial charge in [0.2, 0.25) is 0 Å². The highest BCUT2D eigenvalue weighted by atomic mass is 16.2. The van der Waals surface area contributed by atoms with E-state index in [9.17, 15) is 4.79 Å². The molecule has 2 heterocycles. The molecule has 0 unspecified atom stereocenters. The van der Waals surface area contributed by atoms with Gasteiger partial charge in [-0.1, -0.05) is 25.1 Å². The number of fused-ring (bicyclic) bond motifs is 1. The second-order valence-electron chi connectivity index (χ2n) is 5.64. The molecule has 0 N–H and O–H groups in total. The number of carbonyl (C=O) groups is 1. The van der Waals surface area contributed by atoms with E-state index < -0.39 is 0 Å². The summed E-state index contributed by atoms with van der Waals surface area (Å²) >= 11 is 0. The van der Waals surface area contributed by atoms with Crippen LogP contribution in [0.3, 0.4) is 0 Å². The van der Waals surface area contributed by atoms with E-state index in [0.29, 0.717) is 5.92 Å². The Kier molecular flexibility index (Phi) is 3.73. The number of hydrogen-bond donors (Lipinski definition) is 0. The van der Waals surface area contributed by atoms with Crippen LogP contribution in [0.5, 0.6) is 0 Å². The van der Waals surface area contributed by atoms with Crippen molar-refractivity contribution in [3.05, 3.63) is 42.5 Å². The maximum atomic E-state index is 12.9. The van der Waals surface area contributed by atoms with Crippen molar-refractivity contribution in [1.29, 1.82) is 0 Å². The summed E-state index contributed by atoms with van der Waals surface area (Å²) in [7, 11) is 0. The molecule has 0 fully saturated rings. The van der Waals surface area contributed by atoms with Crippen molar-refractivity contribution in [2.45, 2.75) is 38.6 Å². The zero-order valence-corrected chi connectivity index (χ0v) is 12.4. The van der Waals surface area contributed by atoms with Crippen molar-refractivity contribution < 1.29 is 4.79 Å². The highest BCUT2D eigenvalue weighted by Gasteiger charge is 2.28. The third kappa shape index (κ3) is 2.55. The first-order valence-electron chi connectivity index (χ1n) is 7.43. The fourth-order valence-corrected chi connectivity index (χ4v) is 2.97. The molecule has 0 radical (unpaired) electrons. The van der Waals surface area contributed by atoms with Crippen LogP contribution in [0.25, 0.3) is 0 Å². The molecule has 0 saturated heterocycles. The average molecular weight is 284 g/mol. The van der Waals surface area contributed by atoms with E-state index in [1.54, 1.807) is 11.0 Å². The van der Waals surface area contributed by atoms with Gasteiger partial charge in [-0.25, -0.2) is 9.67 Å². The van der Waals surface area contributed by atoms with E-state index in [4.69, 9.17) is 0 Å². The van der Waals surface area contributed by atoms with Crippen molar-refractivity contribution in [2.75, 3.05) is 11.4 Å². The van der Waals surface area contributed by atoms with Crippen LogP contribution in [0.1, 0.15) is 44.2 Å². The Labute approximate surface area is 124 Å². The Morgan fingerprint density at radius 2 is 2.19 bits per heavy atom. The molecule has 1 aromatic carbocycles. The predicted octanol–water partition coefficient (Wildman–Crippen LogP) is 2.77. The zero-order valence-electron chi connectivity index (χ0n) is 12.4. The Bertz CT molecular complexity index is 623. The van der Waals surface area contributed by atoms with Crippen LogP contribution in [0.15, 0.2) is 36.9 Å². The SMILES string of the molecule is C[C@@H]1CCCN(C(=O)[C@H](C)n2cncn2)c2ccccc21. The van der Waals surface area contributed by atoms with Crippen molar-refractivity contribution in [1.82, 2.24) is 14.8 Å². The highest BCUT2D eigenvalue weighted by Crippen LogP contribution is 2.34. The number of para-hydroxylation sites is 1. The van der Waals surface area contributed by atoms with Gasteiger partial charge in [-0.2, -0.15) is 5.10 Å². The molecule has 1 aliphatic heterocycles. The second-order valence-corrected chi connectivity index (χ2v) is 5.64. The van der Waals surface area contributed by atoms with Crippen molar-refractivity contribution in [3.8, 4) is 0 Å². The first kappa shape index (κ1) is 13.8. The molecule has 21 heavy (non-hydrogen) atoms. The predicted molar refractivity (Wildman–Crippen MR) is 81.2 cm³/mol. The van der Waals surface area contributed by atoms with Crippen LogP contribution in [0.4, 0.5) is 5.69 Å². The summed E-state index contributed by atoms with van der Waals surface area (Å²) in [5.74, 6) is 0.558. The van der Waals surface area contributed by atoms with Gasteiger partial charge < -0.3 is 4.90 Å². The van der Waals surface area contributed by atoms with E-state index in [1.807, 2.05) is 30.0 Å². The van der Waals surface area contributed by atoms with Gasteiger partial charge >= 0.3 is 0 Å². The van der Waals surface area contributed by atoms with Crippen LogP contribution in [-0.4, -0.2) is 27.2 Å². The number of amides is 1. The monoisotopic (exact) mass is 284 g/mol. The summed E-state index contributed by atoms with van der Waals surface area (Å²) < 4.78 is 1.61. The lowest BCUT2D eigenvalue weighted by atomic mass is 9.96. The normalized spacial score (nSPS) is 19.7. The van der Waals surface area contributed by atoms with Gasteiger partial charge in [0.05, 0.1) is 0 Å². The molecular weight excluding hydrogens is 264 g/mol. The van der Waals surface area contributed by atoms with Gasteiger partial charge in [0, 0.05) is 12.2 Å². The van der Waals surface area contributed by atoms with Crippen molar-refractivity contribution >= 4 is 11.6 Å². The molecule has 0 bridgehead atoms. The number of aromatic nitrogens is 3. The third-order valence-electron chi connectivity index (χ3n) is 4.23. The van der Waals surface area contributed by atoms with E-state index >= 15 is 0 Å². The van der Waals surface area contributed by atoms with Crippen LogP contribution < -0.4 is 4.90 Å². The minimum atomic E-state index is -0.339. The topological polar surface area (TPSA) is 51.0 Å². The van der Waals surface area contributed by atoms with Crippen molar-refractivity contribution in [2.24, 2.45) is 0 Å². The minimum absolute atomic E-state index is 0.0713. The lowest BCUT2D eigenvalue weighted by molar-refractivity contribution is -0.121. The third-order valence-corrected chi connectivity index (χ3v) is 4.23. The van der Waals surface area contributed by atoms with Crippen LogP contribution in [-0.2, 0) is 4.79 Å². The van der Waals surface area contributed by atoms with Gasteiger partial charge in [-0.3, -0.25) is 4.79 Å². The number of hydrogen-bond acceptors (Lipinski definition) is 3. The average Bonchev–Trinajstić information content (AvgIpc) is 2.99. The minimum Gasteiger partial charge on any atom is -0.310 e. The highest BCUT2D eigenvalue weighted by molar-refractivity contribution is 5.96. The molecule has 5 heteroatoms. The maximum absolute atomic E-state index is 12.9. The molecule has 0 aliphatic carbocycles. The van der Waals surface area contributed by atoms with Crippen molar-refractivity contribution in [3.63, 3.8) is 0 Å².